The first-order valence-electron chi connectivity index (χ1n) is 4.88. The van der Waals surface area contributed by atoms with E-state index < -0.39 is 11.4 Å². The minimum Gasteiger partial charge on any atom is -0.481 e. The van der Waals surface area contributed by atoms with Crippen LogP contribution in [0.25, 0.3) is 0 Å². The summed E-state index contributed by atoms with van der Waals surface area (Å²) in [5, 5.41) is 9.01. The normalized spacial score (nSPS) is 15.3. The molecule has 0 aliphatic carbocycles. The summed E-state index contributed by atoms with van der Waals surface area (Å²) in [5.74, 6) is -0.714. The lowest BCUT2D eigenvalue weighted by molar-refractivity contribution is -0.149. The largest absolute Gasteiger partial charge is 0.481 e. The molecule has 0 saturated heterocycles. The molecule has 0 rings (SSSR count). The molecule has 0 aromatic carbocycles. The van der Waals surface area contributed by atoms with Crippen molar-refractivity contribution >= 4 is 5.97 Å². The Morgan fingerprint density at radius 1 is 1.38 bits per heavy atom. The zero-order valence-corrected chi connectivity index (χ0v) is 8.80. The molecule has 1 atom stereocenters. The van der Waals surface area contributed by atoms with Crippen LogP contribution in [-0.2, 0) is 9.53 Å². The second-order valence-electron chi connectivity index (χ2n) is 3.56. The van der Waals surface area contributed by atoms with Crippen molar-refractivity contribution in [3.05, 3.63) is 0 Å². The maximum atomic E-state index is 10.9. The van der Waals surface area contributed by atoms with E-state index >= 15 is 0 Å². The lowest BCUT2D eigenvalue weighted by atomic mass is 9.83. The minimum atomic E-state index is -0.714. The average Bonchev–Trinajstić information content (AvgIpc) is 2.05. The first-order chi connectivity index (χ1) is 6.06. The Balaban J connectivity index is 4.00. The van der Waals surface area contributed by atoms with Gasteiger partial charge in [0.25, 0.3) is 0 Å². The Kier molecular flexibility index (Phi) is 5.71. The van der Waals surface area contributed by atoms with Gasteiger partial charge >= 0.3 is 5.97 Å². The van der Waals surface area contributed by atoms with E-state index in [2.05, 4.69) is 0 Å². The predicted molar refractivity (Wildman–Crippen MR) is 51.8 cm³/mol. The summed E-state index contributed by atoms with van der Waals surface area (Å²) < 4.78 is 5.16. The molecule has 0 aliphatic heterocycles. The minimum absolute atomic E-state index is 0.541. The molecule has 3 heteroatoms. The van der Waals surface area contributed by atoms with Crippen molar-refractivity contribution < 1.29 is 14.6 Å². The van der Waals surface area contributed by atoms with Crippen molar-refractivity contribution in [3.8, 4) is 0 Å². The summed E-state index contributed by atoms with van der Waals surface area (Å²) in [5.41, 5.74) is -0.607. The van der Waals surface area contributed by atoms with Crippen LogP contribution in [0.1, 0.15) is 40.0 Å². The van der Waals surface area contributed by atoms with Gasteiger partial charge in [0.1, 0.15) is 0 Å². The van der Waals surface area contributed by atoms with Gasteiger partial charge in [-0.2, -0.15) is 0 Å². The molecule has 1 N–H and O–H groups in total. The van der Waals surface area contributed by atoms with Crippen LogP contribution in [0.5, 0.6) is 0 Å². The monoisotopic (exact) mass is 188 g/mol. The fraction of sp³-hybridized carbons (Fsp3) is 0.900. The summed E-state index contributed by atoms with van der Waals surface area (Å²) in [4.78, 5) is 10.9. The van der Waals surface area contributed by atoms with Crippen molar-refractivity contribution in [2.24, 2.45) is 5.41 Å². The van der Waals surface area contributed by atoms with Gasteiger partial charge in [0.05, 0.1) is 5.41 Å². The molecule has 0 amide bonds. The smallest absolute Gasteiger partial charge is 0.309 e. The van der Waals surface area contributed by atoms with E-state index in [4.69, 9.17) is 9.84 Å². The summed E-state index contributed by atoms with van der Waals surface area (Å²) in [7, 11) is 0. The van der Waals surface area contributed by atoms with Gasteiger partial charge in [0.15, 0.2) is 0 Å². The van der Waals surface area contributed by atoms with Crippen molar-refractivity contribution in [2.45, 2.75) is 40.0 Å². The van der Waals surface area contributed by atoms with E-state index in [-0.39, 0.29) is 0 Å². The molecule has 0 aromatic heterocycles. The number of carboxylic acids is 1. The highest BCUT2D eigenvalue weighted by Crippen LogP contribution is 2.27. The van der Waals surface area contributed by atoms with E-state index in [9.17, 15) is 4.79 Å². The lowest BCUT2D eigenvalue weighted by Crippen LogP contribution is -2.28. The van der Waals surface area contributed by atoms with E-state index in [0.717, 1.165) is 12.8 Å². The van der Waals surface area contributed by atoms with Crippen molar-refractivity contribution in [1.82, 2.24) is 0 Å². The molecular formula is C10H20O3. The van der Waals surface area contributed by atoms with Gasteiger partial charge in [-0.3, -0.25) is 4.79 Å². The van der Waals surface area contributed by atoms with Gasteiger partial charge in [-0.25, -0.2) is 0 Å². The van der Waals surface area contributed by atoms with Gasteiger partial charge in [-0.15, -0.1) is 0 Å². The molecule has 0 fully saturated rings. The topological polar surface area (TPSA) is 46.5 Å². The highest BCUT2D eigenvalue weighted by molar-refractivity contribution is 5.74. The molecule has 0 saturated carbocycles. The zero-order chi connectivity index (χ0) is 10.3. The summed E-state index contributed by atoms with van der Waals surface area (Å²) in [6.45, 7) is 6.90. The summed E-state index contributed by atoms with van der Waals surface area (Å²) >= 11 is 0. The highest BCUT2D eigenvalue weighted by Gasteiger charge is 2.31. The number of aliphatic carboxylic acids is 1. The zero-order valence-electron chi connectivity index (χ0n) is 8.80. The van der Waals surface area contributed by atoms with Gasteiger partial charge in [-0.1, -0.05) is 13.3 Å². The van der Waals surface area contributed by atoms with Crippen molar-refractivity contribution in [2.75, 3.05) is 13.2 Å². The first-order valence-corrected chi connectivity index (χ1v) is 4.88. The number of hydrogen-bond donors (Lipinski definition) is 1. The molecule has 1 unspecified atom stereocenters. The first kappa shape index (κ1) is 12.4. The summed E-state index contributed by atoms with van der Waals surface area (Å²) in [6.07, 6.45) is 2.22. The maximum Gasteiger partial charge on any atom is 0.309 e. The Labute approximate surface area is 80.1 Å². The quantitative estimate of drug-likeness (QED) is 0.623. The average molecular weight is 188 g/mol. The number of hydrogen-bond acceptors (Lipinski definition) is 2. The van der Waals surface area contributed by atoms with Crippen LogP contribution < -0.4 is 0 Å². The molecule has 0 radical (unpaired) electrons. The van der Waals surface area contributed by atoms with E-state index in [1.807, 2.05) is 13.8 Å². The molecule has 0 heterocycles. The second-order valence-corrected chi connectivity index (χ2v) is 3.56. The Hall–Kier alpha value is -0.570. The molecular weight excluding hydrogens is 168 g/mol. The van der Waals surface area contributed by atoms with E-state index in [1.54, 1.807) is 6.92 Å². The lowest BCUT2D eigenvalue weighted by Gasteiger charge is -2.23. The third-order valence-corrected chi connectivity index (χ3v) is 2.32. The summed E-state index contributed by atoms with van der Waals surface area (Å²) in [6, 6.07) is 0. The fourth-order valence-electron chi connectivity index (χ4n) is 1.33. The third kappa shape index (κ3) is 4.27. The molecule has 0 spiro atoms. The van der Waals surface area contributed by atoms with Gasteiger partial charge in [0.2, 0.25) is 0 Å². The van der Waals surface area contributed by atoms with Crippen LogP contribution in [0.4, 0.5) is 0 Å². The van der Waals surface area contributed by atoms with Gasteiger partial charge < -0.3 is 9.84 Å². The van der Waals surface area contributed by atoms with Crippen LogP contribution in [0, 0.1) is 5.41 Å². The van der Waals surface area contributed by atoms with Crippen LogP contribution in [0.3, 0.4) is 0 Å². The maximum absolute atomic E-state index is 10.9. The SMILES string of the molecule is CCCC(C)(CCOCC)C(=O)O. The molecule has 78 valence electrons. The van der Waals surface area contributed by atoms with Gasteiger partial charge in [-0.05, 0) is 26.7 Å². The Morgan fingerprint density at radius 2 is 2.00 bits per heavy atom. The van der Waals surface area contributed by atoms with Crippen LogP contribution in [0.15, 0.2) is 0 Å². The number of rotatable bonds is 7. The fourth-order valence-corrected chi connectivity index (χ4v) is 1.33. The van der Waals surface area contributed by atoms with E-state index in [1.165, 1.54) is 0 Å². The molecule has 13 heavy (non-hydrogen) atoms. The predicted octanol–water partition coefficient (Wildman–Crippen LogP) is 2.30. The Morgan fingerprint density at radius 3 is 2.38 bits per heavy atom. The highest BCUT2D eigenvalue weighted by atomic mass is 16.5. The molecule has 0 aromatic rings. The third-order valence-electron chi connectivity index (χ3n) is 2.32. The second kappa shape index (κ2) is 5.97. The van der Waals surface area contributed by atoms with Gasteiger partial charge in [0, 0.05) is 13.2 Å². The van der Waals surface area contributed by atoms with Crippen molar-refractivity contribution in [1.29, 1.82) is 0 Å². The number of ether oxygens (including phenoxy) is 1. The van der Waals surface area contributed by atoms with Crippen LogP contribution in [0.2, 0.25) is 0 Å². The van der Waals surface area contributed by atoms with Crippen molar-refractivity contribution in [3.63, 3.8) is 0 Å². The number of carboxylic acid groups (broad SMARTS) is 1. The van der Waals surface area contributed by atoms with E-state index in [0.29, 0.717) is 19.6 Å². The molecule has 0 aliphatic rings. The standard InChI is InChI=1S/C10H20O3/c1-4-6-10(3,9(11)12)7-8-13-5-2/h4-8H2,1-3H3,(H,11,12). The van der Waals surface area contributed by atoms with Crippen LogP contribution >= 0.6 is 0 Å². The van der Waals surface area contributed by atoms with Crippen LogP contribution in [-0.4, -0.2) is 24.3 Å². The number of carbonyl (C=O) groups is 1. The molecule has 0 bridgehead atoms. The molecule has 3 nitrogen and oxygen atoms in total. The Bertz CT molecular complexity index is 156.